The highest BCUT2D eigenvalue weighted by molar-refractivity contribution is 9.10. The SMILES string of the molecule is O=C(Cc1cc(Br)ccc1F)C(O)C1CCCCC1. The van der Waals surface area contributed by atoms with E-state index in [1.165, 1.54) is 12.5 Å². The monoisotopic (exact) mass is 328 g/mol. The molecular weight excluding hydrogens is 311 g/mol. The highest BCUT2D eigenvalue weighted by atomic mass is 79.9. The van der Waals surface area contributed by atoms with Crippen molar-refractivity contribution in [3.8, 4) is 0 Å². The third kappa shape index (κ3) is 3.86. The van der Waals surface area contributed by atoms with Gasteiger partial charge < -0.3 is 5.11 Å². The van der Waals surface area contributed by atoms with Crippen LogP contribution in [-0.2, 0) is 11.2 Å². The number of rotatable bonds is 4. The Labute approximate surface area is 121 Å². The number of hydrogen-bond acceptors (Lipinski definition) is 2. The number of Topliss-reactive ketones (excluding diaryl/α,β-unsaturated/α-hetero) is 1. The van der Waals surface area contributed by atoms with Crippen molar-refractivity contribution in [3.63, 3.8) is 0 Å². The van der Waals surface area contributed by atoms with Gasteiger partial charge in [0, 0.05) is 10.9 Å². The lowest BCUT2D eigenvalue weighted by Gasteiger charge is -2.25. The molecule has 1 aliphatic carbocycles. The topological polar surface area (TPSA) is 37.3 Å². The maximum Gasteiger partial charge on any atom is 0.166 e. The van der Waals surface area contributed by atoms with E-state index in [-0.39, 0.29) is 18.1 Å². The lowest BCUT2D eigenvalue weighted by molar-refractivity contribution is -0.129. The first kappa shape index (κ1) is 14.7. The van der Waals surface area contributed by atoms with Gasteiger partial charge in [-0.1, -0.05) is 35.2 Å². The van der Waals surface area contributed by atoms with Gasteiger partial charge in [-0.05, 0) is 42.5 Å². The van der Waals surface area contributed by atoms with Crippen LogP contribution < -0.4 is 0 Å². The van der Waals surface area contributed by atoms with E-state index < -0.39 is 11.9 Å². The molecule has 0 radical (unpaired) electrons. The van der Waals surface area contributed by atoms with Crippen LogP contribution >= 0.6 is 15.9 Å². The first-order valence-corrected chi connectivity index (χ1v) is 7.52. The molecule has 0 spiro atoms. The molecule has 1 aromatic rings. The van der Waals surface area contributed by atoms with Crippen LogP contribution in [0, 0.1) is 11.7 Å². The average molecular weight is 329 g/mol. The normalized spacial score (nSPS) is 18.3. The first-order valence-electron chi connectivity index (χ1n) is 6.72. The Morgan fingerprint density at radius 3 is 2.74 bits per heavy atom. The lowest BCUT2D eigenvalue weighted by atomic mass is 9.83. The summed E-state index contributed by atoms with van der Waals surface area (Å²) in [5.41, 5.74) is 0.342. The lowest BCUT2D eigenvalue weighted by Crippen LogP contribution is -2.32. The molecule has 19 heavy (non-hydrogen) atoms. The van der Waals surface area contributed by atoms with Gasteiger partial charge >= 0.3 is 0 Å². The molecule has 0 bridgehead atoms. The summed E-state index contributed by atoms with van der Waals surface area (Å²) in [6.45, 7) is 0. The van der Waals surface area contributed by atoms with E-state index in [1.807, 2.05) is 0 Å². The molecule has 1 atom stereocenters. The number of aliphatic hydroxyl groups is 1. The fraction of sp³-hybridized carbons (Fsp3) is 0.533. The Bertz CT molecular complexity index is 455. The van der Waals surface area contributed by atoms with Gasteiger partial charge in [0.05, 0.1) is 0 Å². The van der Waals surface area contributed by atoms with Gasteiger partial charge in [-0.3, -0.25) is 4.79 Å². The highest BCUT2D eigenvalue weighted by Crippen LogP contribution is 2.27. The number of ketones is 1. The Hall–Kier alpha value is -0.740. The molecule has 1 saturated carbocycles. The summed E-state index contributed by atoms with van der Waals surface area (Å²) in [4.78, 5) is 12.0. The summed E-state index contributed by atoms with van der Waals surface area (Å²) in [5.74, 6) is -0.618. The standard InChI is InChI=1S/C15H18BrFO2/c16-12-6-7-13(17)11(8-12)9-14(18)15(19)10-4-2-1-3-5-10/h6-8,10,15,19H,1-5,9H2. The molecule has 2 nitrogen and oxygen atoms in total. The Kier molecular flexibility index (Phi) is 5.11. The van der Waals surface area contributed by atoms with Gasteiger partial charge in [0.2, 0.25) is 0 Å². The van der Waals surface area contributed by atoms with Crippen molar-refractivity contribution in [3.05, 3.63) is 34.1 Å². The van der Waals surface area contributed by atoms with Crippen molar-refractivity contribution in [1.29, 1.82) is 0 Å². The maximum atomic E-state index is 13.6. The smallest absolute Gasteiger partial charge is 0.166 e. The van der Waals surface area contributed by atoms with E-state index in [9.17, 15) is 14.3 Å². The van der Waals surface area contributed by atoms with Gasteiger partial charge in [-0.15, -0.1) is 0 Å². The number of carbonyl (C=O) groups is 1. The summed E-state index contributed by atoms with van der Waals surface area (Å²) in [6.07, 6.45) is 4.13. The number of hydrogen-bond donors (Lipinski definition) is 1. The second-order valence-electron chi connectivity index (χ2n) is 5.22. The van der Waals surface area contributed by atoms with Crippen LogP contribution in [-0.4, -0.2) is 17.0 Å². The van der Waals surface area contributed by atoms with Crippen molar-refractivity contribution < 1.29 is 14.3 Å². The number of halogens is 2. The van der Waals surface area contributed by atoms with Crippen LogP contribution in [0.2, 0.25) is 0 Å². The van der Waals surface area contributed by atoms with E-state index in [0.717, 1.165) is 30.2 Å². The predicted octanol–water partition coefficient (Wildman–Crippen LogP) is 3.64. The molecule has 1 aromatic carbocycles. The first-order chi connectivity index (χ1) is 9.08. The van der Waals surface area contributed by atoms with E-state index in [1.54, 1.807) is 12.1 Å². The van der Waals surface area contributed by atoms with Crippen LogP contribution in [0.4, 0.5) is 4.39 Å². The highest BCUT2D eigenvalue weighted by Gasteiger charge is 2.27. The largest absolute Gasteiger partial charge is 0.385 e. The second kappa shape index (κ2) is 6.62. The third-order valence-electron chi connectivity index (χ3n) is 3.80. The molecular formula is C15H18BrFO2. The minimum absolute atomic E-state index is 0.0388. The molecule has 1 N–H and O–H groups in total. The van der Waals surface area contributed by atoms with Crippen molar-refractivity contribution >= 4 is 21.7 Å². The summed E-state index contributed by atoms with van der Waals surface area (Å²) in [7, 11) is 0. The average Bonchev–Trinajstić information content (AvgIpc) is 2.43. The third-order valence-corrected chi connectivity index (χ3v) is 4.29. The van der Waals surface area contributed by atoms with E-state index in [0.29, 0.717) is 5.56 Å². The Balaban J connectivity index is 2.01. The number of benzene rings is 1. The molecule has 1 aliphatic rings. The second-order valence-corrected chi connectivity index (χ2v) is 6.14. The number of carbonyl (C=O) groups excluding carboxylic acids is 1. The summed E-state index contributed by atoms with van der Waals surface area (Å²) < 4.78 is 14.3. The van der Waals surface area contributed by atoms with Gasteiger partial charge in [0.15, 0.2) is 5.78 Å². The minimum atomic E-state index is -0.946. The Morgan fingerprint density at radius 1 is 1.37 bits per heavy atom. The van der Waals surface area contributed by atoms with Crippen LogP contribution in [0.25, 0.3) is 0 Å². The molecule has 0 amide bonds. The summed E-state index contributed by atoms with van der Waals surface area (Å²) >= 11 is 3.26. The van der Waals surface area contributed by atoms with Gasteiger partial charge in [-0.25, -0.2) is 4.39 Å². The van der Waals surface area contributed by atoms with E-state index in [2.05, 4.69) is 15.9 Å². The van der Waals surface area contributed by atoms with Crippen molar-refractivity contribution in [2.24, 2.45) is 5.92 Å². The molecule has 0 aromatic heterocycles. The Morgan fingerprint density at radius 2 is 2.05 bits per heavy atom. The van der Waals surface area contributed by atoms with Gasteiger partial charge in [0.25, 0.3) is 0 Å². The van der Waals surface area contributed by atoms with Gasteiger partial charge in [-0.2, -0.15) is 0 Å². The van der Waals surface area contributed by atoms with Crippen LogP contribution in [0.3, 0.4) is 0 Å². The zero-order valence-electron chi connectivity index (χ0n) is 10.7. The quantitative estimate of drug-likeness (QED) is 0.916. The molecule has 1 unspecified atom stereocenters. The zero-order chi connectivity index (χ0) is 13.8. The molecule has 0 heterocycles. The van der Waals surface area contributed by atoms with Crippen molar-refractivity contribution in [1.82, 2.24) is 0 Å². The van der Waals surface area contributed by atoms with Crippen LogP contribution in [0.15, 0.2) is 22.7 Å². The summed E-state index contributed by atoms with van der Waals surface area (Å²) in [5, 5.41) is 10.1. The number of aliphatic hydroxyl groups excluding tert-OH is 1. The molecule has 104 valence electrons. The predicted molar refractivity (Wildman–Crippen MR) is 75.4 cm³/mol. The van der Waals surface area contributed by atoms with Crippen molar-refractivity contribution in [2.75, 3.05) is 0 Å². The molecule has 0 aliphatic heterocycles. The fourth-order valence-electron chi connectivity index (χ4n) is 2.68. The van der Waals surface area contributed by atoms with E-state index in [4.69, 9.17) is 0 Å². The van der Waals surface area contributed by atoms with Crippen molar-refractivity contribution in [2.45, 2.75) is 44.6 Å². The van der Waals surface area contributed by atoms with Crippen LogP contribution in [0.1, 0.15) is 37.7 Å². The minimum Gasteiger partial charge on any atom is -0.385 e. The molecule has 1 fully saturated rings. The molecule has 2 rings (SSSR count). The van der Waals surface area contributed by atoms with Gasteiger partial charge in [0.1, 0.15) is 11.9 Å². The fourth-order valence-corrected chi connectivity index (χ4v) is 3.09. The van der Waals surface area contributed by atoms with E-state index >= 15 is 0 Å². The maximum absolute atomic E-state index is 13.6. The molecule has 4 heteroatoms. The zero-order valence-corrected chi connectivity index (χ0v) is 12.3. The summed E-state index contributed by atoms with van der Waals surface area (Å²) in [6, 6.07) is 4.53. The molecule has 0 saturated heterocycles. The van der Waals surface area contributed by atoms with Crippen LogP contribution in [0.5, 0.6) is 0 Å².